The summed E-state index contributed by atoms with van der Waals surface area (Å²) in [6.45, 7) is 0.486. The van der Waals surface area contributed by atoms with Crippen LogP contribution in [0, 0.1) is 0 Å². The molecular formula is C15H18N4O2. The van der Waals surface area contributed by atoms with E-state index in [1.807, 2.05) is 12.1 Å². The fourth-order valence-corrected chi connectivity index (χ4v) is 2.81. The van der Waals surface area contributed by atoms with Gasteiger partial charge >= 0.3 is 0 Å². The molecule has 1 saturated carbocycles. The Kier molecular flexibility index (Phi) is 3.70. The molecule has 1 fully saturated rings. The van der Waals surface area contributed by atoms with Crippen LogP contribution in [0.5, 0.6) is 0 Å². The quantitative estimate of drug-likeness (QED) is 0.892. The zero-order valence-corrected chi connectivity index (χ0v) is 11.7. The van der Waals surface area contributed by atoms with Crippen LogP contribution in [0.25, 0.3) is 11.4 Å². The van der Waals surface area contributed by atoms with Crippen molar-refractivity contribution in [1.82, 2.24) is 15.5 Å². The predicted molar refractivity (Wildman–Crippen MR) is 77.5 cm³/mol. The molecule has 1 aliphatic carbocycles. The van der Waals surface area contributed by atoms with E-state index < -0.39 is 0 Å². The van der Waals surface area contributed by atoms with Gasteiger partial charge in [0.2, 0.25) is 12.2 Å². The lowest BCUT2D eigenvalue weighted by Crippen LogP contribution is -2.51. The Morgan fingerprint density at radius 3 is 2.57 bits per heavy atom. The summed E-state index contributed by atoms with van der Waals surface area (Å²) in [5.41, 5.74) is 7.04. The minimum atomic E-state index is -0.233. The topological polar surface area (TPSA) is 94.0 Å². The van der Waals surface area contributed by atoms with Crippen molar-refractivity contribution in [3.05, 3.63) is 36.2 Å². The number of carbonyl (C=O) groups excluding carboxylic acids is 1. The van der Waals surface area contributed by atoms with E-state index >= 15 is 0 Å². The van der Waals surface area contributed by atoms with Gasteiger partial charge in [-0.3, -0.25) is 4.79 Å². The lowest BCUT2D eigenvalue weighted by atomic mass is 9.97. The van der Waals surface area contributed by atoms with E-state index in [-0.39, 0.29) is 11.4 Å². The van der Waals surface area contributed by atoms with Crippen molar-refractivity contribution < 1.29 is 9.32 Å². The van der Waals surface area contributed by atoms with Crippen LogP contribution in [0.2, 0.25) is 0 Å². The second-order valence-electron chi connectivity index (χ2n) is 5.48. The number of amides is 1. The Morgan fingerprint density at radius 1 is 1.29 bits per heavy atom. The van der Waals surface area contributed by atoms with E-state index in [9.17, 15) is 4.79 Å². The first kappa shape index (κ1) is 13.8. The summed E-state index contributed by atoms with van der Waals surface area (Å²) in [5, 5.41) is 6.86. The average Bonchev–Trinajstić information content (AvgIpc) is 3.19. The summed E-state index contributed by atoms with van der Waals surface area (Å²) in [7, 11) is 0. The van der Waals surface area contributed by atoms with Gasteiger partial charge in [-0.1, -0.05) is 30.1 Å². The van der Waals surface area contributed by atoms with Crippen LogP contribution in [-0.4, -0.2) is 28.1 Å². The number of hydrogen-bond acceptors (Lipinski definition) is 5. The van der Waals surface area contributed by atoms with Gasteiger partial charge in [-0.25, -0.2) is 0 Å². The number of aromatic nitrogens is 2. The van der Waals surface area contributed by atoms with Gasteiger partial charge in [-0.2, -0.15) is 4.98 Å². The van der Waals surface area contributed by atoms with E-state index in [4.69, 9.17) is 10.3 Å². The molecular weight excluding hydrogens is 268 g/mol. The average molecular weight is 286 g/mol. The molecule has 0 atom stereocenters. The standard InChI is InChI=1S/C15H18N4O2/c16-9-15(7-1-2-8-15)18-14(20)12-5-3-11(4-6-12)13-17-10-21-19-13/h3-6,10H,1-2,7-9,16H2,(H,18,20). The van der Waals surface area contributed by atoms with Gasteiger partial charge in [0, 0.05) is 17.7 Å². The molecule has 1 aromatic heterocycles. The lowest BCUT2D eigenvalue weighted by Gasteiger charge is -2.28. The molecule has 0 aliphatic heterocycles. The second kappa shape index (κ2) is 5.65. The van der Waals surface area contributed by atoms with Crippen molar-refractivity contribution in [1.29, 1.82) is 0 Å². The molecule has 3 N–H and O–H groups in total. The molecule has 0 unspecified atom stereocenters. The van der Waals surface area contributed by atoms with Crippen molar-refractivity contribution >= 4 is 5.91 Å². The van der Waals surface area contributed by atoms with Crippen molar-refractivity contribution in [3.8, 4) is 11.4 Å². The minimum Gasteiger partial charge on any atom is -0.345 e. The molecule has 1 amide bonds. The van der Waals surface area contributed by atoms with Crippen LogP contribution < -0.4 is 11.1 Å². The van der Waals surface area contributed by atoms with E-state index in [1.165, 1.54) is 6.39 Å². The van der Waals surface area contributed by atoms with Crippen molar-refractivity contribution in [3.63, 3.8) is 0 Å². The fraction of sp³-hybridized carbons (Fsp3) is 0.400. The molecule has 0 spiro atoms. The Morgan fingerprint density at radius 2 is 2.00 bits per heavy atom. The van der Waals surface area contributed by atoms with Crippen LogP contribution in [0.1, 0.15) is 36.0 Å². The summed E-state index contributed by atoms with van der Waals surface area (Å²) in [6.07, 6.45) is 5.43. The largest absolute Gasteiger partial charge is 0.345 e. The molecule has 1 aliphatic rings. The SMILES string of the molecule is NCC1(NC(=O)c2ccc(-c3ncon3)cc2)CCCC1. The summed E-state index contributed by atoms with van der Waals surface area (Å²) in [5.74, 6) is 0.429. The smallest absolute Gasteiger partial charge is 0.251 e. The van der Waals surface area contributed by atoms with Crippen LogP contribution in [-0.2, 0) is 0 Å². The maximum atomic E-state index is 12.3. The van der Waals surface area contributed by atoms with Gasteiger partial charge in [0.05, 0.1) is 5.54 Å². The Hall–Kier alpha value is -2.21. The molecule has 1 heterocycles. The molecule has 0 radical (unpaired) electrons. The maximum absolute atomic E-state index is 12.3. The Balaban J connectivity index is 1.73. The number of nitrogens with two attached hydrogens (primary N) is 1. The predicted octanol–water partition coefficient (Wildman–Crippen LogP) is 1.74. The first-order valence-corrected chi connectivity index (χ1v) is 7.12. The van der Waals surface area contributed by atoms with E-state index in [0.29, 0.717) is 17.9 Å². The summed E-state index contributed by atoms with van der Waals surface area (Å²) in [6, 6.07) is 7.15. The molecule has 6 heteroatoms. The number of hydrogen-bond donors (Lipinski definition) is 2. The third-order valence-electron chi connectivity index (χ3n) is 4.10. The highest BCUT2D eigenvalue weighted by Gasteiger charge is 2.34. The normalized spacial score (nSPS) is 16.8. The van der Waals surface area contributed by atoms with Crippen LogP contribution >= 0.6 is 0 Å². The van der Waals surface area contributed by atoms with E-state index in [1.54, 1.807) is 12.1 Å². The molecule has 1 aromatic carbocycles. The number of rotatable bonds is 4. The fourth-order valence-electron chi connectivity index (χ4n) is 2.81. The third kappa shape index (κ3) is 2.80. The zero-order chi connectivity index (χ0) is 14.7. The second-order valence-corrected chi connectivity index (χ2v) is 5.48. The van der Waals surface area contributed by atoms with Crippen molar-refractivity contribution in [2.75, 3.05) is 6.54 Å². The van der Waals surface area contributed by atoms with Crippen molar-refractivity contribution in [2.45, 2.75) is 31.2 Å². The molecule has 21 heavy (non-hydrogen) atoms. The van der Waals surface area contributed by atoms with Gasteiger partial charge in [0.1, 0.15) is 0 Å². The Labute approximate surface area is 122 Å². The van der Waals surface area contributed by atoms with Gasteiger partial charge in [-0.05, 0) is 25.0 Å². The summed E-state index contributed by atoms with van der Waals surface area (Å²) in [4.78, 5) is 16.3. The first-order chi connectivity index (χ1) is 10.2. The highest BCUT2D eigenvalue weighted by atomic mass is 16.5. The van der Waals surface area contributed by atoms with E-state index in [0.717, 1.165) is 31.2 Å². The zero-order valence-electron chi connectivity index (χ0n) is 11.7. The molecule has 110 valence electrons. The van der Waals surface area contributed by atoms with Crippen LogP contribution in [0.15, 0.2) is 35.2 Å². The van der Waals surface area contributed by atoms with Gasteiger partial charge in [0.25, 0.3) is 5.91 Å². The molecule has 3 rings (SSSR count). The lowest BCUT2D eigenvalue weighted by molar-refractivity contribution is 0.0903. The molecule has 2 aromatic rings. The number of nitrogens with one attached hydrogen (secondary N) is 1. The highest BCUT2D eigenvalue weighted by molar-refractivity contribution is 5.95. The molecule has 0 bridgehead atoms. The van der Waals surface area contributed by atoms with Gasteiger partial charge < -0.3 is 15.6 Å². The Bertz CT molecular complexity index is 601. The molecule has 6 nitrogen and oxygen atoms in total. The molecule has 0 saturated heterocycles. The van der Waals surface area contributed by atoms with Gasteiger partial charge in [-0.15, -0.1) is 0 Å². The number of nitrogens with zero attached hydrogens (tertiary/aromatic N) is 2. The number of benzene rings is 1. The third-order valence-corrected chi connectivity index (χ3v) is 4.10. The van der Waals surface area contributed by atoms with Crippen LogP contribution in [0.4, 0.5) is 0 Å². The highest BCUT2D eigenvalue weighted by Crippen LogP contribution is 2.29. The van der Waals surface area contributed by atoms with E-state index in [2.05, 4.69) is 15.5 Å². The monoisotopic (exact) mass is 286 g/mol. The summed E-state index contributed by atoms with van der Waals surface area (Å²) >= 11 is 0. The van der Waals surface area contributed by atoms with Crippen LogP contribution in [0.3, 0.4) is 0 Å². The number of carbonyl (C=O) groups is 1. The summed E-state index contributed by atoms with van der Waals surface area (Å²) < 4.78 is 4.71. The minimum absolute atomic E-state index is 0.0815. The van der Waals surface area contributed by atoms with Crippen molar-refractivity contribution in [2.24, 2.45) is 5.73 Å². The van der Waals surface area contributed by atoms with Gasteiger partial charge in [0.15, 0.2) is 0 Å². The first-order valence-electron chi connectivity index (χ1n) is 7.12. The maximum Gasteiger partial charge on any atom is 0.251 e.